The molecule has 1 fully saturated rings. The van der Waals surface area contributed by atoms with Crippen molar-refractivity contribution < 1.29 is 23.1 Å². The molecule has 0 aliphatic carbocycles. The van der Waals surface area contributed by atoms with Gasteiger partial charge in [0.2, 0.25) is 0 Å². The number of halogens is 3. The molecule has 4 N–H and O–H groups in total. The molecular formula is C29H28F3N5O2. The van der Waals surface area contributed by atoms with Gasteiger partial charge in [0.05, 0.1) is 17.8 Å². The lowest BCUT2D eigenvalue weighted by atomic mass is 9.97. The Labute approximate surface area is 223 Å². The predicted octanol–water partition coefficient (Wildman–Crippen LogP) is 4.76. The first-order valence-electron chi connectivity index (χ1n) is 12.6. The molecule has 5 rings (SSSR count). The van der Waals surface area contributed by atoms with Crippen LogP contribution in [0.5, 0.6) is 0 Å². The largest absolute Gasteiger partial charge is 0.435 e. The number of nitrogens with one attached hydrogen (secondary N) is 1. The van der Waals surface area contributed by atoms with E-state index < -0.39 is 23.9 Å². The highest BCUT2D eigenvalue weighted by molar-refractivity contribution is 6.03. The maximum Gasteiger partial charge on any atom is 0.435 e. The topological polar surface area (TPSA) is 96.4 Å². The van der Waals surface area contributed by atoms with E-state index in [0.717, 1.165) is 21.9 Å². The summed E-state index contributed by atoms with van der Waals surface area (Å²) in [5, 5.41) is 16.6. The van der Waals surface area contributed by atoms with Gasteiger partial charge in [0.25, 0.3) is 5.91 Å². The zero-order valence-electron chi connectivity index (χ0n) is 21.0. The lowest BCUT2D eigenvalue weighted by molar-refractivity contribution is -0.141. The fraction of sp³-hybridized carbons (Fsp3) is 0.241. The van der Waals surface area contributed by atoms with Crippen molar-refractivity contribution in [1.82, 2.24) is 14.7 Å². The maximum absolute atomic E-state index is 13.6. The highest BCUT2D eigenvalue weighted by Crippen LogP contribution is 2.33. The van der Waals surface area contributed by atoms with E-state index in [-0.39, 0.29) is 18.3 Å². The molecule has 202 valence electrons. The molecule has 1 aliphatic heterocycles. The second kappa shape index (κ2) is 11.0. The van der Waals surface area contributed by atoms with Crippen molar-refractivity contribution in [1.29, 1.82) is 0 Å². The second-order valence-electron chi connectivity index (χ2n) is 9.53. The van der Waals surface area contributed by atoms with Crippen molar-refractivity contribution in [2.45, 2.75) is 31.3 Å². The molecule has 7 nitrogen and oxygen atoms in total. The lowest BCUT2D eigenvalue weighted by Crippen LogP contribution is -2.28. The Bertz CT molecular complexity index is 1450. The van der Waals surface area contributed by atoms with Gasteiger partial charge in [0.1, 0.15) is 5.69 Å². The summed E-state index contributed by atoms with van der Waals surface area (Å²) in [6.45, 7) is 1.40. The fourth-order valence-electron chi connectivity index (χ4n) is 4.93. The zero-order chi connectivity index (χ0) is 27.6. The Hall–Kier alpha value is -3.99. The normalized spacial score (nSPS) is 16.8. The van der Waals surface area contributed by atoms with E-state index in [4.69, 9.17) is 5.73 Å². The van der Waals surface area contributed by atoms with E-state index in [1.54, 1.807) is 42.5 Å². The van der Waals surface area contributed by atoms with E-state index >= 15 is 0 Å². The van der Waals surface area contributed by atoms with Crippen LogP contribution in [0, 0.1) is 0 Å². The van der Waals surface area contributed by atoms with Crippen LogP contribution in [-0.2, 0) is 12.7 Å². The van der Waals surface area contributed by atoms with Gasteiger partial charge in [-0.25, -0.2) is 4.68 Å². The van der Waals surface area contributed by atoms with Gasteiger partial charge in [-0.3, -0.25) is 9.69 Å². The standard InChI is InChI=1S/C29H28F3N5O2/c30-29(31,32)26-16-25(37(35-26)23-11-4-6-19(14-23)17-33)28(39)34-22-10-5-9-21(15-22)27(20-7-2-1-3-8-20)36-13-12-24(38)18-36/h1-11,14-16,24,27,38H,12-13,17-18,33H2,(H,34,39). The van der Waals surface area contributed by atoms with E-state index in [2.05, 4.69) is 15.3 Å². The highest BCUT2D eigenvalue weighted by Gasteiger charge is 2.36. The summed E-state index contributed by atoms with van der Waals surface area (Å²) in [4.78, 5) is 15.5. The molecule has 10 heteroatoms. The number of amides is 1. The fourth-order valence-corrected chi connectivity index (χ4v) is 4.93. The second-order valence-corrected chi connectivity index (χ2v) is 9.53. The maximum atomic E-state index is 13.6. The molecule has 1 amide bonds. The van der Waals surface area contributed by atoms with Crippen LogP contribution < -0.4 is 11.1 Å². The number of anilines is 1. The van der Waals surface area contributed by atoms with Gasteiger partial charge in [-0.05, 0) is 47.4 Å². The van der Waals surface area contributed by atoms with Crippen LogP contribution in [0.4, 0.5) is 18.9 Å². The molecule has 0 bridgehead atoms. The molecule has 2 atom stereocenters. The van der Waals surface area contributed by atoms with Crippen LogP contribution in [-0.4, -0.2) is 44.9 Å². The van der Waals surface area contributed by atoms with Crippen molar-refractivity contribution in [2.75, 3.05) is 18.4 Å². The lowest BCUT2D eigenvalue weighted by Gasteiger charge is -2.29. The molecule has 0 spiro atoms. The molecule has 4 aromatic rings. The number of nitrogens with zero attached hydrogens (tertiary/aromatic N) is 3. The Kier molecular flexibility index (Phi) is 7.51. The molecule has 0 saturated carbocycles. The summed E-state index contributed by atoms with van der Waals surface area (Å²) in [6.07, 6.45) is -4.48. The van der Waals surface area contributed by atoms with Crippen LogP contribution in [0.3, 0.4) is 0 Å². The number of likely N-dealkylation sites (tertiary alicyclic amines) is 1. The van der Waals surface area contributed by atoms with Crippen LogP contribution in [0.15, 0.2) is 84.9 Å². The Morgan fingerprint density at radius 2 is 1.77 bits per heavy atom. The highest BCUT2D eigenvalue weighted by atomic mass is 19.4. The van der Waals surface area contributed by atoms with Gasteiger partial charge >= 0.3 is 6.18 Å². The molecular weight excluding hydrogens is 507 g/mol. The molecule has 1 saturated heterocycles. The summed E-state index contributed by atoms with van der Waals surface area (Å²) in [5.74, 6) is -0.735. The first-order chi connectivity index (χ1) is 18.7. The van der Waals surface area contributed by atoms with Crippen LogP contribution >= 0.6 is 0 Å². The number of carbonyl (C=O) groups is 1. The number of alkyl halides is 3. The summed E-state index contributed by atoms with van der Waals surface area (Å²) >= 11 is 0. The third-order valence-corrected chi connectivity index (χ3v) is 6.76. The number of hydrogen-bond acceptors (Lipinski definition) is 5. The predicted molar refractivity (Wildman–Crippen MR) is 141 cm³/mol. The number of rotatable bonds is 7. The average Bonchev–Trinajstić information content (AvgIpc) is 3.57. The third-order valence-electron chi connectivity index (χ3n) is 6.76. The monoisotopic (exact) mass is 535 g/mol. The summed E-state index contributed by atoms with van der Waals surface area (Å²) in [7, 11) is 0. The van der Waals surface area contributed by atoms with Crippen LogP contribution in [0.2, 0.25) is 0 Å². The number of nitrogens with two attached hydrogens (primary N) is 1. The van der Waals surface area contributed by atoms with Gasteiger partial charge in [-0.2, -0.15) is 18.3 Å². The van der Waals surface area contributed by atoms with Crippen molar-refractivity contribution >= 4 is 11.6 Å². The quantitative estimate of drug-likeness (QED) is 0.317. The average molecular weight is 536 g/mol. The SMILES string of the molecule is NCc1cccc(-n2nc(C(F)(F)F)cc2C(=O)Nc2cccc(C(c3ccccc3)N3CCC(O)C3)c2)c1. The van der Waals surface area contributed by atoms with Crippen molar-refractivity contribution in [3.63, 3.8) is 0 Å². The molecule has 0 radical (unpaired) electrons. The first-order valence-corrected chi connectivity index (χ1v) is 12.6. The molecule has 3 aromatic carbocycles. The van der Waals surface area contributed by atoms with Crippen molar-refractivity contribution in [3.8, 4) is 5.69 Å². The van der Waals surface area contributed by atoms with Gasteiger partial charge in [0.15, 0.2) is 5.69 Å². The van der Waals surface area contributed by atoms with Gasteiger partial charge < -0.3 is 16.2 Å². The molecule has 1 aromatic heterocycles. The van der Waals surface area contributed by atoms with E-state index in [1.165, 1.54) is 0 Å². The van der Waals surface area contributed by atoms with Gasteiger partial charge in [-0.15, -0.1) is 0 Å². The number of benzene rings is 3. The molecule has 39 heavy (non-hydrogen) atoms. The summed E-state index contributed by atoms with van der Waals surface area (Å²) in [5.41, 5.74) is 7.59. The molecule has 2 unspecified atom stereocenters. The Balaban J connectivity index is 1.48. The van der Waals surface area contributed by atoms with Crippen molar-refractivity contribution in [2.24, 2.45) is 5.73 Å². The smallest absolute Gasteiger partial charge is 0.392 e. The van der Waals surface area contributed by atoms with E-state index in [1.807, 2.05) is 36.4 Å². The zero-order valence-corrected chi connectivity index (χ0v) is 21.0. The summed E-state index contributed by atoms with van der Waals surface area (Å²) < 4.78 is 41.7. The number of carbonyl (C=O) groups excluding carboxylic acids is 1. The van der Waals surface area contributed by atoms with Crippen LogP contribution in [0.25, 0.3) is 5.69 Å². The number of β-amino-alcohol motifs (C(OH)–C–C–N with tert-alkyl or cyclic N) is 1. The third kappa shape index (κ3) is 5.88. The minimum Gasteiger partial charge on any atom is -0.392 e. The van der Waals surface area contributed by atoms with Gasteiger partial charge in [0, 0.05) is 31.4 Å². The van der Waals surface area contributed by atoms with E-state index in [9.17, 15) is 23.1 Å². The number of aliphatic hydroxyl groups is 1. The number of aromatic nitrogens is 2. The summed E-state index contributed by atoms with van der Waals surface area (Å²) in [6, 6.07) is 24.2. The van der Waals surface area contributed by atoms with Crippen LogP contribution in [0.1, 0.15) is 45.3 Å². The molecule has 2 heterocycles. The number of hydrogen-bond donors (Lipinski definition) is 3. The minimum absolute atomic E-state index is 0.165. The van der Waals surface area contributed by atoms with E-state index in [0.29, 0.717) is 36.4 Å². The number of aliphatic hydroxyl groups excluding tert-OH is 1. The van der Waals surface area contributed by atoms with Crippen molar-refractivity contribution in [3.05, 3.63) is 113 Å². The minimum atomic E-state index is -4.73. The first kappa shape index (κ1) is 26.6. The molecule has 1 aliphatic rings. The Morgan fingerprint density at radius 3 is 2.46 bits per heavy atom. The van der Waals surface area contributed by atoms with Gasteiger partial charge in [-0.1, -0.05) is 54.6 Å². The Morgan fingerprint density at radius 1 is 1.03 bits per heavy atom.